The lowest BCUT2D eigenvalue weighted by molar-refractivity contribution is -0.136. The van der Waals surface area contributed by atoms with Crippen LogP contribution in [0, 0.1) is 16.3 Å². The SMILES string of the molecule is Cc1cc(CCC(=O)O)c2cc(I)cc(F)c2n1. The van der Waals surface area contributed by atoms with E-state index in [1.807, 2.05) is 34.7 Å². The Morgan fingerprint density at radius 3 is 2.83 bits per heavy atom. The van der Waals surface area contributed by atoms with Gasteiger partial charge in [0.15, 0.2) is 0 Å². The molecule has 0 fully saturated rings. The van der Waals surface area contributed by atoms with Gasteiger partial charge < -0.3 is 5.11 Å². The van der Waals surface area contributed by atoms with Crippen LogP contribution in [0.3, 0.4) is 0 Å². The van der Waals surface area contributed by atoms with Crippen LogP contribution in [0.1, 0.15) is 17.7 Å². The van der Waals surface area contributed by atoms with Crippen LogP contribution in [0.15, 0.2) is 18.2 Å². The Balaban J connectivity index is 2.60. The molecule has 0 saturated heterocycles. The Morgan fingerprint density at radius 2 is 2.17 bits per heavy atom. The number of carboxylic acids is 1. The summed E-state index contributed by atoms with van der Waals surface area (Å²) < 4.78 is 14.6. The summed E-state index contributed by atoms with van der Waals surface area (Å²) in [7, 11) is 0. The van der Waals surface area contributed by atoms with E-state index in [1.165, 1.54) is 6.07 Å². The summed E-state index contributed by atoms with van der Waals surface area (Å²) in [5, 5.41) is 9.43. The fraction of sp³-hybridized carbons (Fsp3) is 0.231. The minimum absolute atomic E-state index is 0.0334. The highest BCUT2D eigenvalue weighted by molar-refractivity contribution is 14.1. The number of hydrogen-bond donors (Lipinski definition) is 1. The molecule has 1 heterocycles. The number of pyridine rings is 1. The second-order valence-electron chi connectivity index (χ2n) is 4.10. The van der Waals surface area contributed by atoms with Crippen LogP contribution in [-0.2, 0) is 11.2 Å². The molecular weight excluding hydrogens is 348 g/mol. The first-order valence-electron chi connectivity index (χ1n) is 5.44. The molecule has 0 radical (unpaired) electrons. The smallest absolute Gasteiger partial charge is 0.303 e. The predicted molar refractivity (Wildman–Crippen MR) is 75.1 cm³/mol. The fourth-order valence-corrected chi connectivity index (χ4v) is 2.50. The quantitative estimate of drug-likeness (QED) is 0.856. The zero-order valence-electron chi connectivity index (χ0n) is 9.70. The van der Waals surface area contributed by atoms with Crippen molar-refractivity contribution in [2.45, 2.75) is 19.8 Å². The Hall–Kier alpha value is -1.24. The molecule has 18 heavy (non-hydrogen) atoms. The number of aromatic nitrogens is 1. The number of aryl methyl sites for hydroxylation is 2. The molecule has 0 saturated carbocycles. The number of hydrogen-bond acceptors (Lipinski definition) is 2. The van der Waals surface area contributed by atoms with Gasteiger partial charge in [-0.15, -0.1) is 0 Å². The molecule has 0 amide bonds. The molecule has 0 spiro atoms. The van der Waals surface area contributed by atoms with Gasteiger partial charge >= 0.3 is 5.97 Å². The van der Waals surface area contributed by atoms with Crippen molar-refractivity contribution < 1.29 is 14.3 Å². The third-order valence-corrected chi connectivity index (χ3v) is 3.28. The Morgan fingerprint density at radius 1 is 1.44 bits per heavy atom. The summed E-state index contributed by atoms with van der Waals surface area (Å²) in [5.74, 6) is -1.22. The molecular formula is C13H11FINO2. The number of nitrogens with zero attached hydrogens (tertiary/aromatic N) is 1. The van der Waals surface area contributed by atoms with Gasteiger partial charge in [-0.25, -0.2) is 4.39 Å². The monoisotopic (exact) mass is 359 g/mol. The van der Waals surface area contributed by atoms with Crippen molar-refractivity contribution in [3.05, 3.63) is 38.8 Å². The van der Waals surface area contributed by atoms with Crippen molar-refractivity contribution in [1.82, 2.24) is 4.98 Å². The maximum absolute atomic E-state index is 13.8. The standard InChI is InChI=1S/C13H11FINO2/c1-7-4-8(2-3-12(17)18)10-5-9(15)6-11(14)13(10)16-7/h4-6H,2-3H2,1H3,(H,17,18). The molecule has 0 unspecified atom stereocenters. The number of carbonyl (C=O) groups is 1. The topological polar surface area (TPSA) is 50.2 Å². The highest BCUT2D eigenvalue weighted by atomic mass is 127. The van der Waals surface area contributed by atoms with Crippen molar-refractivity contribution in [2.75, 3.05) is 0 Å². The van der Waals surface area contributed by atoms with E-state index >= 15 is 0 Å². The second kappa shape index (κ2) is 5.17. The molecule has 2 aromatic rings. The number of benzene rings is 1. The number of fused-ring (bicyclic) bond motifs is 1. The first-order chi connectivity index (χ1) is 8.47. The summed E-state index contributed by atoms with van der Waals surface area (Å²) in [6.07, 6.45) is 0.417. The fourth-order valence-electron chi connectivity index (χ4n) is 1.91. The Bertz CT molecular complexity index is 628. The van der Waals surface area contributed by atoms with E-state index in [0.29, 0.717) is 23.0 Å². The minimum Gasteiger partial charge on any atom is -0.481 e. The average Bonchev–Trinajstić information content (AvgIpc) is 2.27. The van der Waals surface area contributed by atoms with Gasteiger partial charge in [0.25, 0.3) is 0 Å². The Labute approximate surface area is 117 Å². The molecule has 1 N–H and O–H groups in total. The molecule has 0 aliphatic carbocycles. The van der Waals surface area contributed by atoms with Crippen molar-refractivity contribution in [1.29, 1.82) is 0 Å². The third kappa shape index (κ3) is 2.77. The third-order valence-electron chi connectivity index (χ3n) is 2.65. The molecule has 0 atom stereocenters. The molecule has 1 aromatic carbocycles. The van der Waals surface area contributed by atoms with Crippen LogP contribution in [0.2, 0.25) is 0 Å². The molecule has 3 nitrogen and oxygen atoms in total. The summed E-state index contributed by atoms with van der Waals surface area (Å²) >= 11 is 2.04. The lowest BCUT2D eigenvalue weighted by Crippen LogP contribution is -2.00. The summed E-state index contributed by atoms with van der Waals surface area (Å²) in [4.78, 5) is 14.8. The zero-order chi connectivity index (χ0) is 13.3. The average molecular weight is 359 g/mol. The van der Waals surface area contributed by atoms with Gasteiger partial charge in [0.05, 0.1) is 0 Å². The highest BCUT2D eigenvalue weighted by Gasteiger charge is 2.10. The van der Waals surface area contributed by atoms with Crippen LogP contribution >= 0.6 is 22.6 Å². The van der Waals surface area contributed by atoms with Crippen LogP contribution in [0.5, 0.6) is 0 Å². The highest BCUT2D eigenvalue weighted by Crippen LogP contribution is 2.24. The van der Waals surface area contributed by atoms with Crippen LogP contribution in [0.25, 0.3) is 10.9 Å². The van der Waals surface area contributed by atoms with E-state index in [-0.39, 0.29) is 12.2 Å². The zero-order valence-corrected chi connectivity index (χ0v) is 11.9. The summed E-state index contributed by atoms with van der Waals surface area (Å²) in [6, 6.07) is 5.08. The van der Waals surface area contributed by atoms with E-state index in [2.05, 4.69) is 4.98 Å². The maximum atomic E-state index is 13.8. The van der Waals surface area contributed by atoms with E-state index < -0.39 is 5.97 Å². The summed E-state index contributed by atoms with van der Waals surface area (Å²) in [5.41, 5.74) is 1.84. The first-order valence-corrected chi connectivity index (χ1v) is 6.52. The molecule has 1 aromatic heterocycles. The molecule has 0 aliphatic heterocycles. The molecule has 5 heteroatoms. The second-order valence-corrected chi connectivity index (χ2v) is 5.35. The largest absolute Gasteiger partial charge is 0.481 e. The van der Waals surface area contributed by atoms with Crippen molar-refractivity contribution in [2.24, 2.45) is 0 Å². The van der Waals surface area contributed by atoms with Gasteiger partial charge in [-0.2, -0.15) is 0 Å². The van der Waals surface area contributed by atoms with Crippen LogP contribution < -0.4 is 0 Å². The Kier molecular flexibility index (Phi) is 3.79. The van der Waals surface area contributed by atoms with Crippen molar-refractivity contribution >= 4 is 39.5 Å². The van der Waals surface area contributed by atoms with Gasteiger partial charge in [0.2, 0.25) is 0 Å². The van der Waals surface area contributed by atoms with Gasteiger partial charge in [0, 0.05) is 21.1 Å². The van der Waals surface area contributed by atoms with Crippen molar-refractivity contribution in [3.63, 3.8) is 0 Å². The van der Waals surface area contributed by atoms with E-state index in [4.69, 9.17) is 5.11 Å². The number of aliphatic carboxylic acids is 1. The normalized spacial score (nSPS) is 10.8. The van der Waals surface area contributed by atoms with Gasteiger partial charge in [-0.05, 0) is 59.7 Å². The molecule has 0 aliphatic rings. The first kappa shape index (κ1) is 13.2. The summed E-state index contributed by atoms with van der Waals surface area (Å²) in [6.45, 7) is 1.78. The van der Waals surface area contributed by atoms with Crippen LogP contribution in [0.4, 0.5) is 4.39 Å². The van der Waals surface area contributed by atoms with Gasteiger partial charge in [-0.3, -0.25) is 9.78 Å². The number of rotatable bonds is 3. The van der Waals surface area contributed by atoms with E-state index in [0.717, 1.165) is 9.13 Å². The lowest BCUT2D eigenvalue weighted by atomic mass is 10.0. The maximum Gasteiger partial charge on any atom is 0.303 e. The van der Waals surface area contributed by atoms with Crippen LogP contribution in [-0.4, -0.2) is 16.1 Å². The van der Waals surface area contributed by atoms with Gasteiger partial charge in [-0.1, -0.05) is 0 Å². The van der Waals surface area contributed by atoms with Crippen molar-refractivity contribution in [3.8, 4) is 0 Å². The molecule has 94 valence electrons. The molecule has 0 bridgehead atoms. The minimum atomic E-state index is -0.858. The molecule has 2 rings (SSSR count). The van der Waals surface area contributed by atoms with Gasteiger partial charge in [0.1, 0.15) is 11.3 Å². The van der Waals surface area contributed by atoms with E-state index in [1.54, 1.807) is 6.92 Å². The van der Waals surface area contributed by atoms with E-state index in [9.17, 15) is 9.18 Å². The number of carboxylic acid groups (broad SMARTS) is 1. The lowest BCUT2D eigenvalue weighted by Gasteiger charge is -2.08. The predicted octanol–water partition coefficient (Wildman–Crippen LogP) is 3.30. The number of halogens is 2.